The van der Waals surface area contributed by atoms with E-state index in [-0.39, 0.29) is 5.91 Å². The number of nitrogens with zero attached hydrogens (tertiary/aromatic N) is 1. The molecule has 2 N–H and O–H groups in total. The van der Waals surface area contributed by atoms with Crippen molar-refractivity contribution in [3.05, 3.63) is 53.0 Å². The molecule has 0 bridgehead atoms. The highest BCUT2D eigenvalue weighted by atomic mass is 16.3. The van der Waals surface area contributed by atoms with Gasteiger partial charge in [-0.1, -0.05) is 6.07 Å². The number of benzene rings is 1. The second-order valence-corrected chi connectivity index (χ2v) is 6.33. The Labute approximate surface area is 152 Å². The minimum atomic E-state index is -0.808. The maximum atomic E-state index is 12.2. The summed E-state index contributed by atoms with van der Waals surface area (Å²) in [6.45, 7) is 5.31. The Kier molecular flexibility index (Phi) is 5.82. The number of anilines is 1. The van der Waals surface area contributed by atoms with Gasteiger partial charge < -0.3 is 20.0 Å². The minimum Gasteiger partial charge on any atom is -0.464 e. The quantitative estimate of drug-likeness (QED) is 0.822. The van der Waals surface area contributed by atoms with Gasteiger partial charge in [0, 0.05) is 25.3 Å². The predicted octanol–water partition coefficient (Wildman–Crippen LogP) is 2.41. The molecular formula is C19H23N3O4. The summed E-state index contributed by atoms with van der Waals surface area (Å²) < 4.78 is 5.44. The number of carbonyl (C=O) groups is 3. The van der Waals surface area contributed by atoms with Gasteiger partial charge in [-0.05, 0) is 50.6 Å². The fourth-order valence-electron chi connectivity index (χ4n) is 2.35. The summed E-state index contributed by atoms with van der Waals surface area (Å²) in [4.78, 5) is 37.8. The van der Waals surface area contributed by atoms with Crippen molar-refractivity contribution in [1.29, 1.82) is 0 Å². The number of furan rings is 1. The van der Waals surface area contributed by atoms with E-state index in [0.29, 0.717) is 17.0 Å². The Morgan fingerprint density at radius 1 is 1.04 bits per heavy atom. The van der Waals surface area contributed by atoms with Crippen molar-refractivity contribution in [2.24, 2.45) is 0 Å². The maximum absolute atomic E-state index is 12.2. The molecule has 1 aromatic carbocycles. The number of amides is 3. The number of carbonyl (C=O) groups excluding carboxylic acids is 3. The van der Waals surface area contributed by atoms with Crippen molar-refractivity contribution in [2.45, 2.75) is 26.8 Å². The normalized spacial score (nSPS) is 11.6. The molecule has 7 nitrogen and oxygen atoms in total. The van der Waals surface area contributed by atoms with Crippen LogP contribution in [0.2, 0.25) is 0 Å². The molecule has 0 saturated carbocycles. The monoisotopic (exact) mass is 357 g/mol. The van der Waals surface area contributed by atoms with E-state index >= 15 is 0 Å². The van der Waals surface area contributed by atoms with E-state index in [1.807, 2.05) is 0 Å². The van der Waals surface area contributed by atoms with Crippen LogP contribution in [0.5, 0.6) is 0 Å². The lowest BCUT2D eigenvalue weighted by atomic mass is 10.1. The Balaban J connectivity index is 2.07. The molecule has 2 aromatic rings. The molecule has 1 atom stereocenters. The van der Waals surface area contributed by atoms with E-state index in [1.165, 1.54) is 4.90 Å². The summed E-state index contributed by atoms with van der Waals surface area (Å²) in [5, 5.41) is 5.14. The first-order valence-electron chi connectivity index (χ1n) is 8.19. The number of hydrogen-bond acceptors (Lipinski definition) is 4. The standard InChI is InChI=1S/C19H23N3O4/c1-11-6-8-14(19(25)22(4)5)10-15(11)21-18(24)17(23)20-13(3)16-9-7-12(2)26-16/h6-10,13H,1-5H3,(H,20,23)(H,21,24). The zero-order chi connectivity index (χ0) is 19.4. The molecule has 0 saturated heterocycles. The molecule has 0 aliphatic heterocycles. The molecule has 0 aliphatic carbocycles. The van der Waals surface area contributed by atoms with Gasteiger partial charge in [-0.15, -0.1) is 0 Å². The van der Waals surface area contributed by atoms with E-state index in [0.717, 1.165) is 11.3 Å². The van der Waals surface area contributed by atoms with Crippen molar-refractivity contribution in [3.8, 4) is 0 Å². The second-order valence-electron chi connectivity index (χ2n) is 6.33. The molecule has 7 heteroatoms. The van der Waals surface area contributed by atoms with E-state index in [1.54, 1.807) is 65.2 Å². The molecule has 1 unspecified atom stereocenters. The molecule has 2 rings (SSSR count). The van der Waals surface area contributed by atoms with Gasteiger partial charge in [-0.25, -0.2) is 0 Å². The molecule has 0 aliphatic rings. The largest absolute Gasteiger partial charge is 0.464 e. The first kappa shape index (κ1) is 19.2. The van der Waals surface area contributed by atoms with E-state index in [4.69, 9.17) is 4.42 Å². The fourth-order valence-corrected chi connectivity index (χ4v) is 2.35. The Hall–Kier alpha value is -3.09. The van der Waals surface area contributed by atoms with Crippen molar-refractivity contribution in [3.63, 3.8) is 0 Å². The molecule has 3 amide bonds. The topological polar surface area (TPSA) is 91.7 Å². The van der Waals surface area contributed by atoms with Crippen LogP contribution in [0.3, 0.4) is 0 Å². The highest BCUT2D eigenvalue weighted by Crippen LogP contribution is 2.18. The van der Waals surface area contributed by atoms with Crippen LogP contribution in [-0.2, 0) is 9.59 Å². The van der Waals surface area contributed by atoms with E-state index < -0.39 is 17.9 Å². The maximum Gasteiger partial charge on any atom is 0.313 e. The predicted molar refractivity (Wildman–Crippen MR) is 97.8 cm³/mol. The Morgan fingerprint density at radius 2 is 1.73 bits per heavy atom. The molecule has 0 fully saturated rings. The number of nitrogens with one attached hydrogen (secondary N) is 2. The molecular weight excluding hydrogens is 334 g/mol. The van der Waals surface area contributed by atoms with Crippen LogP contribution in [0.15, 0.2) is 34.7 Å². The van der Waals surface area contributed by atoms with Crippen LogP contribution >= 0.6 is 0 Å². The lowest BCUT2D eigenvalue weighted by Crippen LogP contribution is -2.37. The van der Waals surface area contributed by atoms with Crippen LogP contribution < -0.4 is 10.6 Å². The SMILES string of the molecule is Cc1ccc(C(C)NC(=O)C(=O)Nc2cc(C(=O)N(C)C)ccc2C)o1. The molecule has 26 heavy (non-hydrogen) atoms. The average molecular weight is 357 g/mol. The van der Waals surface area contributed by atoms with Crippen LogP contribution in [0.25, 0.3) is 0 Å². The number of rotatable bonds is 4. The summed E-state index contributed by atoms with van der Waals surface area (Å²) in [5.74, 6) is -0.485. The summed E-state index contributed by atoms with van der Waals surface area (Å²) in [6.07, 6.45) is 0. The van der Waals surface area contributed by atoms with Gasteiger partial charge in [-0.2, -0.15) is 0 Å². The van der Waals surface area contributed by atoms with Gasteiger partial charge in [0.15, 0.2) is 0 Å². The lowest BCUT2D eigenvalue weighted by Gasteiger charge is -2.14. The number of hydrogen-bond donors (Lipinski definition) is 2. The zero-order valence-corrected chi connectivity index (χ0v) is 15.5. The third-order valence-corrected chi connectivity index (χ3v) is 3.88. The van der Waals surface area contributed by atoms with Crippen molar-refractivity contribution in [2.75, 3.05) is 19.4 Å². The highest BCUT2D eigenvalue weighted by molar-refractivity contribution is 6.39. The van der Waals surface area contributed by atoms with Crippen molar-refractivity contribution in [1.82, 2.24) is 10.2 Å². The molecule has 0 spiro atoms. The van der Waals surface area contributed by atoms with Crippen LogP contribution in [0.4, 0.5) is 5.69 Å². The molecule has 138 valence electrons. The average Bonchev–Trinajstić information content (AvgIpc) is 3.02. The van der Waals surface area contributed by atoms with Crippen LogP contribution in [0.1, 0.15) is 40.4 Å². The summed E-state index contributed by atoms with van der Waals surface area (Å²) in [6, 6.07) is 8.05. The lowest BCUT2D eigenvalue weighted by molar-refractivity contribution is -0.136. The third kappa shape index (κ3) is 4.50. The molecule has 1 heterocycles. The van der Waals surface area contributed by atoms with E-state index in [9.17, 15) is 14.4 Å². The summed E-state index contributed by atoms with van der Waals surface area (Å²) >= 11 is 0. The first-order valence-corrected chi connectivity index (χ1v) is 8.19. The second kappa shape index (κ2) is 7.86. The first-order chi connectivity index (χ1) is 12.2. The van der Waals surface area contributed by atoms with E-state index in [2.05, 4.69) is 10.6 Å². The van der Waals surface area contributed by atoms with Crippen molar-refractivity contribution < 1.29 is 18.8 Å². The fraction of sp³-hybridized carbons (Fsp3) is 0.316. The molecule has 0 radical (unpaired) electrons. The number of aryl methyl sites for hydroxylation is 2. The van der Waals surface area contributed by atoms with Gasteiger partial charge in [0.25, 0.3) is 5.91 Å². The minimum absolute atomic E-state index is 0.188. The van der Waals surface area contributed by atoms with Gasteiger partial charge >= 0.3 is 11.8 Å². The Bertz CT molecular complexity index is 839. The summed E-state index contributed by atoms with van der Waals surface area (Å²) in [7, 11) is 3.29. The smallest absolute Gasteiger partial charge is 0.313 e. The Morgan fingerprint density at radius 3 is 2.31 bits per heavy atom. The van der Waals surface area contributed by atoms with Gasteiger partial charge in [-0.3, -0.25) is 14.4 Å². The molecule has 1 aromatic heterocycles. The third-order valence-electron chi connectivity index (χ3n) is 3.88. The van der Waals surface area contributed by atoms with Gasteiger partial charge in [0.05, 0.1) is 6.04 Å². The van der Waals surface area contributed by atoms with Gasteiger partial charge in [0.2, 0.25) is 0 Å². The van der Waals surface area contributed by atoms with Gasteiger partial charge in [0.1, 0.15) is 11.5 Å². The highest BCUT2D eigenvalue weighted by Gasteiger charge is 2.20. The van der Waals surface area contributed by atoms with Crippen molar-refractivity contribution >= 4 is 23.4 Å². The van der Waals surface area contributed by atoms with Crippen LogP contribution in [0, 0.1) is 13.8 Å². The van der Waals surface area contributed by atoms with Crippen LogP contribution in [-0.4, -0.2) is 36.7 Å². The summed E-state index contributed by atoms with van der Waals surface area (Å²) in [5.41, 5.74) is 1.59. The zero-order valence-electron chi connectivity index (χ0n) is 15.5.